The van der Waals surface area contributed by atoms with Gasteiger partial charge in [-0.25, -0.2) is 8.42 Å². The quantitative estimate of drug-likeness (QED) is 0.575. The van der Waals surface area contributed by atoms with Gasteiger partial charge in [0.25, 0.3) is 0 Å². The number of aliphatic hydroxyl groups excluding tert-OH is 1. The summed E-state index contributed by atoms with van der Waals surface area (Å²) in [7, 11) is -2.78. The lowest BCUT2D eigenvalue weighted by Crippen LogP contribution is -2.42. The summed E-state index contributed by atoms with van der Waals surface area (Å²) in [6.07, 6.45) is -5.77. The van der Waals surface area contributed by atoms with E-state index in [4.69, 9.17) is 10.00 Å². The van der Waals surface area contributed by atoms with E-state index >= 15 is 0 Å². The summed E-state index contributed by atoms with van der Waals surface area (Å²) in [5, 5.41) is 21.0. The maximum absolute atomic E-state index is 12.7. The van der Waals surface area contributed by atoms with Crippen molar-refractivity contribution in [3.05, 3.63) is 59.7 Å². The van der Waals surface area contributed by atoms with E-state index in [1.807, 2.05) is 6.07 Å². The zero-order valence-electron chi connectivity index (χ0n) is 16.8. The second-order valence-electron chi connectivity index (χ2n) is 6.69. The highest BCUT2D eigenvalue weighted by atomic mass is 32.2. The van der Waals surface area contributed by atoms with Gasteiger partial charge in [0.2, 0.25) is 15.9 Å². The van der Waals surface area contributed by atoms with Crippen molar-refractivity contribution in [2.45, 2.75) is 17.2 Å². The molecule has 2 N–H and O–H groups in total. The van der Waals surface area contributed by atoms with Crippen LogP contribution in [0, 0.1) is 11.3 Å². The maximum Gasteiger partial charge on any atom is 0.416 e. The molecule has 1 amide bonds. The van der Waals surface area contributed by atoms with Gasteiger partial charge in [0.15, 0.2) is 0 Å². The molecular formula is C20H20F3N3O5S. The molecule has 0 saturated carbocycles. The number of likely N-dealkylation sites (N-methyl/N-ethyl adjacent to an activating group) is 1. The Balaban J connectivity index is 1.83. The summed E-state index contributed by atoms with van der Waals surface area (Å²) in [4.78, 5) is 11.9. The first-order valence-corrected chi connectivity index (χ1v) is 10.6. The monoisotopic (exact) mass is 471 g/mol. The summed E-state index contributed by atoms with van der Waals surface area (Å²) in [6, 6.07) is 11.2. The van der Waals surface area contributed by atoms with E-state index in [1.54, 1.807) is 0 Å². The van der Waals surface area contributed by atoms with Gasteiger partial charge in [-0.3, -0.25) is 4.79 Å². The zero-order chi connectivity index (χ0) is 23.9. The molecule has 0 spiro atoms. The Morgan fingerprint density at radius 3 is 2.50 bits per heavy atom. The molecule has 0 aliphatic rings. The lowest BCUT2D eigenvalue weighted by Gasteiger charge is -2.18. The van der Waals surface area contributed by atoms with Crippen molar-refractivity contribution in [1.82, 2.24) is 9.62 Å². The molecule has 2 aromatic carbocycles. The second-order valence-corrected chi connectivity index (χ2v) is 8.74. The Kier molecular flexibility index (Phi) is 8.20. The lowest BCUT2D eigenvalue weighted by molar-refractivity contribution is -0.137. The minimum Gasteiger partial charge on any atom is -0.491 e. The average molecular weight is 471 g/mol. The highest BCUT2D eigenvalue weighted by Crippen LogP contribution is 2.31. The molecule has 0 bridgehead atoms. The number of nitrogens with one attached hydrogen (secondary N) is 1. The highest BCUT2D eigenvalue weighted by molar-refractivity contribution is 7.89. The van der Waals surface area contributed by atoms with E-state index in [1.165, 1.54) is 37.4 Å². The minimum atomic E-state index is -4.53. The van der Waals surface area contributed by atoms with Gasteiger partial charge < -0.3 is 15.2 Å². The van der Waals surface area contributed by atoms with Crippen molar-refractivity contribution >= 4 is 15.9 Å². The molecule has 8 nitrogen and oxygen atoms in total. The largest absolute Gasteiger partial charge is 0.491 e. The minimum absolute atomic E-state index is 0.0960. The first-order chi connectivity index (χ1) is 14.9. The molecule has 1 atom stereocenters. The van der Waals surface area contributed by atoms with Crippen molar-refractivity contribution in [2.24, 2.45) is 0 Å². The van der Waals surface area contributed by atoms with Gasteiger partial charge in [0, 0.05) is 13.6 Å². The number of ether oxygens (including phenoxy) is 1. The van der Waals surface area contributed by atoms with Crippen LogP contribution in [0.1, 0.15) is 11.1 Å². The number of hydrogen-bond acceptors (Lipinski definition) is 6. The van der Waals surface area contributed by atoms with Gasteiger partial charge in [-0.1, -0.05) is 6.07 Å². The Bertz CT molecular complexity index is 1080. The number of rotatable bonds is 9. The fourth-order valence-corrected chi connectivity index (χ4v) is 3.60. The summed E-state index contributed by atoms with van der Waals surface area (Å²) < 4.78 is 69.0. The topological polar surface area (TPSA) is 120 Å². The van der Waals surface area contributed by atoms with Gasteiger partial charge in [-0.2, -0.15) is 22.7 Å². The van der Waals surface area contributed by atoms with E-state index in [0.29, 0.717) is 0 Å². The van der Waals surface area contributed by atoms with Crippen LogP contribution >= 0.6 is 0 Å². The summed E-state index contributed by atoms with van der Waals surface area (Å²) in [5.41, 5.74) is -0.616. The number of nitrogens with zero attached hydrogens (tertiary/aromatic N) is 2. The van der Waals surface area contributed by atoms with Gasteiger partial charge in [0.05, 0.1) is 28.6 Å². The van der Waals surface area contributed by atoms with E-state index in [2.05, 4.69) is 5.32 Å². The number of halogens is 3. The van der Waals surface area contributed by atoms with Crippen molar-refractivity contribution in [3.8, 4) is 11.8 Å². The molecule has 1 unspecified atom stereocenters. The van der Waals surface area contributed by atoms with E-state index in [-0.39, 0.29) is 29.4 Å². The fourth-order valence-electron chi connectivity index (χ4n) is 2.47. The van der Waals surface area contributed by atoms with Crippen LogP contribution in [0.3, 0.4) is 0 Å². The Morgan fingerprint density at radius 1 is 1.25 bits per heavy atom. The maximum atomic E-state index is 12.7. The predicted octanol–water partition coefficient (Wildman–Crippen LogP) is 1.75. The molecule has 0 saturated heterocycles. The van der Waals surface area contributed by atoms with Crippen LogP contribution in [0.15, 0.2) is 53.4 Å². The van der Waals surface area contributed by atoms with Crippen LogP contribution in [0.2, 0.25) is 0 Å². The van der Waals surface area contributed by atoms with Crippen molar-refractivity contribution in [3.63, 3.8) is 0 Å². The number of carbonyl (C=O) groups is 1. The van der Waals surface area contributed by atoms with Crippen LogP contribution in [0.4, 0.5) is 13.2 Å². The molecule has 0 radical (unpaired) electrons. The average Bonchev–Trinajstić information content (AvgIpc) is 2.75. The molecule has 0 aromatic heterocycles. The number of aliphatic hydroxyl groups is 1. The number of nitriles is 1. The van der Waals surface area contributed by atoms with E-state index in [0.717, 1.165) is 22.5 Å². The van der Waals surface area contributed by atoms with E-state index in [9.17, 15) is 31.5 Å². The summed E-state index contributed by atoms with van der Waals surface area (Å²) >= 11 is 0. The fraction of sp³-hybridized carbons (Fsp3) is 0.300. The molecule has 172 valence electrons. The third kappa shape index (κ3) is 6.94. The molecule has 0 fully saturated rings. The van der Waals surface area contributed by atoms with Gasteiger partial charge in [0.1, 0.15) is 18.5 Å². The zero-order valence-corrected chi connectivity index (χ0v) is 17.7. The number of sulfonamides is 1. The number of hydrogen-bond donors (Lipinski definition) is 2. The second kappa shape index (κ2) is 10.4. The number of carbonyl (C=O) groups excluding carboxylic acids is 1. The molecule has 0 aliphatic carbocycles. The summed E-state index contributed by atoms with van der Waals surface area (Å²) in [5.74, 6) is -0.804. The highest BCUT2D eigenvalue weighted by Gasteiger charge is 2.30. The normalized spacial score (nSPS) is 12.8. The SMILES string of the molecule is CN(CC(=O)NCC(O)COc1cccc(C(F)(F)F)c1)S(=O)(=O)c1ccc(C#N)cc1. The predicted molar refractivity (Wildman–Crippen MR) is 107 cm³/mol. The van der Waals surface area contributed by atoms with E-state index < -0.39 is 40.3 Å². The van der Waals surface area contributed by atoms with Gasteiger partial charge in [-0.15, -0.1) is 0 Å². The van der Waals surface area contributed by atoms with Crippen LogP contribution in [-0.4, -0.2) is 56.6 Å². The smallest absolute Gasteiger partial charge is 0.416 e. The van der Waals surface area contributed by atoms with Crippen molar-refractivity contribution < 1.29 is 36.2 Å². The molecule has 2 rings (SSSR count). The van der Waals surface area contributed by atoms with Crippen molar-refractivity contribution in [2.75, 3.05) is 26.7 Å². The van der Waals surface area contributed by atoms with Gasteiger partial charge in [-0.05, 0) is 42.5 Å². The Morgan fingerprint density at radius 2 is 1.91 bits per heavy atom. The molecular weight excluding hydrogens is 451 g/mol. The van der Waals surface area contributed by atoms with Gasteiger partial charge >= 0.3 is 6.18 Å². The standard InChI is InChI=1S/C20H20F3N3O5S/c1-26(32(29,30)18-7-5-14(10-24)6-8-18)12-19(28)25-11-16(27)13-31-17-4-2-3-15(9-17)20(21,22)23/h2-9,16,27H,11-13H2,1H3,(H,25,28). The summed E-state index contributed by atoms with van der Waals surface area (Å²) in [6.45, 7) is -1.23. The molecule has 0 heterocycles. The third-order valence-electron chi connectivity index (χ3n) is 4.20. The first-order valence-electron chi connectivity index (χ1n) is 9.15. The number of amides is 1. The lowest BCUT2D eigenvalue weighted by atomic mass is 10.2. The number of alkyl halides is 3. The van der Waals surface area contributed by atoms with Crippen LogP contribution in [-0.2, 0) is 21.0 Å². The molecule has 2 aromatic rings. The molecule has 32 heavy (non-hydrogen) atoms. The Hall–Kier alpha value is -3.14. The van der Waals surface area contributed by atoms with Crippen molar-refractivity contribution in [1.29, 1.82) is 5.26 Å². The van der Waals surface area contributed by atoms with Crippen LogP contribution < -0.4 is 10.1 Å². The first kappa shape index (κ1) is 25.1. The molecule has 0 aliphatic heterocycles. The Labute approximate surface area is 182 Å². The van der Waals surface area contributed by atoms with Crippen LogP contribution in [0.5, 0.6) is 5.75 Å². The number of benzene rings is 2. The van der Waals surface area contributed by atoms with Crippen LogP contribution in [0.25, 0.3) is 0 Å². The molecule has 12 heteroatoms. The third-order valence-corrected chi connectivity index (χ3v) is 6.01.